The molecule has 2 aromatic rings. The van der Waals surface area contributed by atoms with E-state index < -0.39 is 0 Å². The number of nitrogens with zero attached hydrogens (tertiary/aromatic N) is 2. The molecule has 1 aromatic carbocycles. The number of anilines is 1. The van der Waals surface area contributed by atoms with Gasteiger partial charge in [0.15, 0.2) is 5.96 Å². The van der Waals surface area contributed by atoms with Crippen molar-refractivity contribution in [2.24, 2.45) is 10.7 Å². The second-order valence-corrected chi connectivity index (χ2v) is 4.91. The molecule has 2 rings (SSSR count). The van der Waals surface area contributed by atoms with Crippen molar-refractivity contribution in [3.05, 3.63) is 53.2 Å². The number of benzene rings is 1. The van der Waals surface area contributed by atoms with E-state index in [1.807, 2.05) is 24.3 Å². The number of guanidine groups is 1. The van der Waals surface area contributed by atoms with Gasteiger partial charge in [0.25, 0.3) is 0 Å². The number of aryl methyl sites for hydroxylation is 2. The van der Waals surface area contributed by atoms with Gasteiger partial charge in [-0.15, -0.1) is 0 Å². The monoisotopic (exact) mass is 284 g/mol. The molecule has 5 nitrogen and oxygen atoms in total. The van der Waals surface area contributed by atoms with Crippen LogP contribution in [-0.4, -0.2) is 18.1 Å². The minimum absolute atomic E-state index is 0.385. The Hall–Kier alpha value is -2.56. The highest BCUT2D eigenvalue weighted by Crippen LogP contribution is 2.14. The molecule has 0 aliphatic rings. The maximum Gasteiger partial charge on any atom is 0.213 e. The minimum atomic E-state index is 0.385. The molecule has 0 spiro atoms. The number of aromatic nitrogens is 1. The maximum absolute atomic E-state index is 5.92. The summed E-state index contributed by atoms with van der Waals surface area (Å²) in [6.07, 6.45) is 1.69. The number of nitrogens with one attached hydrogen (secondary N) is 1. The Kier molecular flexibility index (Phi) is 4.77. The fourth-order valence-corrected chi connectivity index (χ4v) is 2.07. The summed E-state index contributed by atoms with van der Waals surface area (Å²) in [5.74, 6) is 0.958. The van der Waals surface area contributed by atoms with Gasteiger partial charge in [0, 0.05) is 18.0 Å². The van der Waals surface area contributed by atoms with Gasteiger partial charge in [0.05, 0.1) is 13.7 Å². The summed E-state index contributed by atoms with van der Waals surface area (Å²) in [4.78, 5) is 8.38. The molecule has 0 radical (unpaired) electrons. The van der Waals surface area contributed by atoms with Gasteiger partial charge >= 0.3 is 0 Å². The van der Waals surface area contributed by atoms with Crippen LogP contribution in [0.5, 0.6) is 5.88 Å². The highest BCUT2D eigenvalue weighted by molar-refractivity contribution is 5.92. The number of nitrogens with two attached hydrogens (primary N) is 1. The van der Waals surface area contributed by atoms with Gasteiger partial charge < -0.3 is 15.8 Å². The first-order valence-electron chi connectivity index (χ1n) is 6.71. The van der Waals surface area contributed by atoms with Gasteiger partial charge in [-0.1, -0.05) is 6.07 Å². The van der Waals surface area contributed by atoms with E-state index in [9.17, 15) is 0 Å². The molecule has 0 unspecified atom stereocenters. The van der Waals surface area contributed by atoms with Crippen molar-refractivity contribution in [1.82, 2.24) is 4.98 Å². The van der Waals surface area contributed by atoms with Crippen LogP contribution in [0.25, 0.3) is 0 Å². The van der Waals surface area contributed by atoms with Crippen LogP contribution in [-0.2, 0) is 6.54 Å². The molecule has 1 heterocycles. The molecule has 0 aliphatic carbocycles. The molecule has 0 saturated carbocycles. The number of methoxy groups -OCH3 is 1. The summed E-state index contributed by atoms with van der Waals surface area (Å²) in [6, 6.07) is 9.90. The molecule has 0 aliphatic heterocycles. The van der Waals surface area contributed by atoms with Crippen molar-refractivity contribution in [3.8, 4) is 5.88 Å². The quantitative estimate of drug-likeness (QED) is 0.668. The topological polar surface area (TPSA) is 72.5 Å². The molecule has 0 fully saturated rings. The second kappa shape index (κ2) is 6.74. The summed E-state index contributed by atoms with van der Waals surface area (Å²) >= 11 is 0. The van der Waals surface area contributed by atoms with Crippen LogP contribution in [0.3, 0.4) is 0 Å². The maximum atomic E-state index is 5.92. The smallest absolute Gasteiger partial charge is 0.213 e. The number of hydrogen-bond donors (Lipinski definition) is 2. The first-order chi connectivity index (χ1) is 10.1. The first kappa shape index (κ1) is 14.8. The average Bonchev–Trinajstić information content (AvgIpc) is 2.44. The molecule has 21 heavy (non-hydrogen) atoms. The molecule has 0 atom stereocenters. The lowest BCUT2D eigenvalue weighted by Gasteiger charge is -2.08. The van der Waals surface area contributed by atoms with Crippen molar-refractivity contribution in [3.63, 3.8) is 0 Å². The summed E-state index contributed by atoms with van der Waals surface area (Å²) in [7, 11) is 1.59. The van der Waals surface area contributed by atoms with Crippen LogP contribution in [0.1, 0.15) is 16.7 Å². The van der Waals surface area contributed by atoms with Crippen molar-refractivity contribution < 1.29 is 4.74 Å². The molecular formula is C16H20N4O. The van der Waals surface area contributed by atoms with Crippen molar-refractivity contribution in [2.75, 3.05) is 12.4 Å². The van der Waals surface area contributed by atoms with E-state index in [-0.39, 0.29) is 0 Å². The van der Waals surface area contributed by atoms with Crippen LogP contribution < -0.4 is 15.8 Å². The van der Waals surface area contributed by atoms with E-state index in [0.717, 1.165) is 11.3 Å². The molecule has 110 valence electrons. The fourth-order valence-electron chi connectivity index (χ4n) is 2.07. The number of pyridine rings is 1. The van der Waals surface area contributed by atoms with Crippen LogP contribution in [0.2, 0.25) is 0 Å². The Morgan fingerprint density at radius 2 is 1.95 bits per heavy atom. The Bertz CT molecular complexity index is 632. The molecule has 0 amide bonds. The van der Waals surface area contributed by atoms with Crippen LogP contribution in [0, 0.1) is 13.8 Å². The van der Waals surface area contributed by atoms with Crippen molar-refractivity contribution in [1.29, 1.82) is 0 Å². The van der Waals surface area contributed by atoms with Gasteiger partial charge in [-0.2, -0.15) is 0 Å². The molecule has 5 heteroatoms. The van der Waals surface area contributed by atoms with E-state index in [0.29, 0.717) is 18.4 Å². The SMILES string of the molecule is COc1cc(CN=C(N)Nc2cc(C)cc(C)c2)ccn1. The molecule has 0 bridgehead atoms. The Morgan fingerprint density at radius 1 is 1.24 bits per heavy atom. The van der Waals surface area contributed by atoms with Gasteiger partial charge in [-0.3, -0.25) is 0 Å². The van der Waals surface area contributed by atoms with Crippen molar-refractivity contribution in [2.45, 2.75) is 20.4 Å². The van der Waals surface area contributed by atoms with E-state index in [2.05, 4.69) is 35.2 Å². The largest absolute Gasteiger partial charge is 0.481 e. The van der Waals surface area contributed by atoms with E-state index in [4.69, 9.17) is 10.5 Å². The standard InChI is InChI=1S/C16H20N4O/c1-11-6-12(2)8-14(7-11)20-16(17)19-10-13-4-5-18-15(9-13)21-3/h4-9H,10H2,1-3H3,(H3,17,19,20). The Balaban J connectivity index is 2.03. The minimum Gasteiger partial charge on any atom is -0.481 e. The van der Waals surface area contributed by atoms with E-state index in [1.165, 1.54) is 11.1 Å². The third kappa shape index (κ3) is 4.49. The van der Waals surface area contributed by atoms with Crippen LogP contribution in [0.4, 0.5) is 5.69 Å². The fraction of sp³-hybridized carbons (Fsp3) is 0.250. The lowest BCUT2D eigenvalue weighted by atomic mass is 10.1. The summed E-state index contributed by atoms with van der Waals surface area (Å²) in [5.41, 5.74) is 10.2. The first-order valence-corrected chi connectivity index (χ1v) is 6.71. The number of hydrogen-bond acceptors (Lipinski definition) is 3. The van der Waals surface area contributed by atoms with Gasteiger partial charge in [0.2, 0.25) is 5.88 Å². The number of aliphatic imine (C=N–C) groups is 1. The summed E-state index contributed by atoms with van der Waals surface area (Å²) in [6.45, 7) is 4.58. The number of rotatable bonds is 4. The lowest BCUT2D eigenvalue weighted by Crippen LogP contribution is -2.22. The van der Waals surface area contributed by atoms with Crippen LogP contribution >= 0.6 is 0 Å². The summed E-state index contributed by atoms with van der Waals surface area (Å²) in [5, 5.41) is 3.10. The predicted octanol–water partition coefficient (Wildman–Crippen LogP) is 2.63. The van der Waals surface area contributed by atoms with Crippen LogP contribution in [0.15, 0.2) is 41.5 Å². The zero-order valence-electron chi connectivity index (χ0n) is 12.6. The molecule has 3 N–H and O–H groups in total. The highest BCUT2D eigenvalue weighted by Gasteiger charge is 1.99. The zero-order valence-corrected chi connectivity index (χ0v) is 12.6. The number of ether oxygens (including phenoxy) is 1. The van der Waals surface area contributed by atoms with E-state index >= 15 is 0 Å². The van der Waals surface area contributed by atoms with Crippen molar-refractivity contribution >= 4 is 11.6 Å². The zero-order chi connectivity index (χ0) is 15.2. The van der Waals surface area contributed by atoms with Gasteiger partial charge in [-0.05, 0) is 48.7 Å². The average molecular weight is 284 g/mol. The molecular weight excluding hydrogens is 264 g/mol. The highest BCUT2D eigenvalue weighted by atomic mass is 16.5. The Morgan fingerprint density at radius 3 is 2.62 bits per heavy atom. The molecule has 1 aromatic heterocycles. The normalized spacial score (nSPS) is 11.3. The van der Waals surface area contributed by atoms with Gasteiger partial charge in [0.1, 0.15) is 0 Å². The van der Waals surface area contributed by atoms with E-state index in [1.54, 1.807) is 13.3 Å². The third-order valence-electron chi connectivity index (χ3n) is 2.93. The van der Waals surface area contributed by atoms with Gasteiger partial charge in [-0.25, -0.2) is 9.98 Å². The second-order valence-electron chi connectivity index (χ2n) is 4.91. The lowest BCUT2D eigenvalue weighted by molar-refractivity contribution is 0.397. The Labute approximate surface area is 124 Å². The molecule has 0 saturated heterocycles. The summed E-state index contributed by atoms with van der Waals surface area (Å²) < 4.78 is 5.08. The third-order valence-corrected chi connectivity index (χ3v) is 2.93. The predicted molar refractivity (Wildman–Crippen MR) is 85.7 cm³/mol.